The highest BCUT2D eigenvalue weighted by atomic mass is 16.3. The van der Waals surface area contributed by atoms with E-state index in [0.29, 0.717) is 12.0 Å². The quantitative estimate of drug-likeness (QED) is 0.292. The van der Waals surface area contributed by atoms with E-state index in [1.807, 2.05) is 12.3 Å². The Kier molecular flexibility index (Phi) is 6.58. The number of benzene rings is 1. The van der Waals surface area contributed by atoms with E-state index in [2.05, 4.69) is 57.3 Å². The van der Waals surface area contributed by atoms with Crippen LogP contribution in [0.5, 0.6) is 5.75 Å². The maximum Gasteiger partial charge on any atom is 0.139 e. The average Bonchev–Trinajstić information content (AvgIpc) is 3.50. The number of aromatic hydroxyl groups is 1. The highest BCUT2D eigenvalue weighted by Gasteiger charge is 2.65. The SMILES string of the molecule is Oc1cccc2c1[nH]c1c(C3=C[C@]4(O)CCC=CCCCCN5CC[C@H]3[C@@]3(C[C@H]6C=CCCCCN6[C@@H]34)C5)nccc12. The monoisotopic (exact) mass is 564 g/mol. The maximum atomic E-state index is 13.1. The second kappa shape index (κ2) is 10.4. The lowest BCUT2D eigenvalue weighted by Crippen LogP contribution is -2.65. The van der Waals surface area contributed by atoms with Crippen LogP contribution in [0, 0.1) is 11.3 Å². The lowest BCUT2D eigenvalue weighted by Gasteiger charge is -2.58. The maximum absolute atomic E-state index is 13.1. The number of H-pyrrole nitrogens is 1. The number of aromatic amines is 1. The lowest BCUT2D eigenvalue weighted by atomic mass is 9.54. The van der Waals surface area contributed by atoms with Gasteiger partial charge in [0.15, 0.2) is 0 Å². The number of hydrogen-bond acceptors (Lipinski definition) is 5. The van der Waals surface area contributed by atoms with Crippen molar-refractivity contribution < 1.29 is 10.2 Å². The van der Waals surface area contributed by atoms with Crippen LogP contribution in [0.15, 0.2) is 60.8 Å². The van der Waals surface area contributed by atoms with Crippen molar-refractivity contribution in [3.63, 3.8) is 0 Å². The van der Waals surface area contributed by atoms with Gasteiger partial charge in [-0.05, 0) is 114 Å². The number of phenolic OH excluding ortho intramolecular Hbond substituents is 1. The number of pyridine rings is 1. The van der Waals surface area contributed by atoms with Gasteiger partial charge in [0.25, 0.3) is 0 Å². The molecule has 6 atom stereocenters. The topological polar surface area (TPSA) is 75.6 Å². The number of phenols is 1. The third kappa shape index (κ3) is 4.13. The molecule has 2 fully saturated rings. The number of aromatic nitrogens is 2. The number of para-hydroxylation sites is 1. The van der Waals surface area contributed by atoms with Crippen LogP contribution in [0.3, 0.4) is 0 Å². The summed E-state index contributed by atoms with van der Waals surface area (Å²) < 4.78 is 0. The molecule has 6 nitrogen and oxygen atoms in total. The summed E-state index contributed by atoms with van der Waals surface area (Å²) in [5.74, 6) is 0.581. The van der Waals surface area contributed by atoms with E-state index in [1.54, 1.807) is 6.07 Å². The van der Waals surface area contributed by atoms with Gasteiger partial charge in [-0.25, -0.2) is 0 Å². The van der Waals surface area contributed by atoms with Crippen molar-refractivity contribution >= 4 is 27.4 Å². The molecule has 1 unspecified atom stereocenters. The van der Waals surface area contributed by atoms with Gasteiger partial charge in [0.05, 0.1) is 28.4 Å². The van der Waals surface area contributed by atoms with E-state index in [9.17, 15) is 10.2 Å². The minimum atomic E-state index is -0.951. The number of aliphatic hydroxyl groups is 1. The van der Waals surface area contributed by atoms with Gasteiger partial charge in [0, 0.05) is 35.0 Å². The molecule has 5 aliphatic rings. The molecule has 3 N–H and O–H groups in total. The van der Waals surface area contributed by atoms with E-state index in [0.717, 1.165) is 92.2 Å². The van der Waals surface area contributed by atoms with Crippen LogP contribution in [0.2, 0.25) is 0 Å². The third-order valence-corrected chi connectivity index (χ3v) is 11.3. The van der Waals surface area contributed by atoms with Crippen LogP contribution in [0.25, 0.3) is 27.4 Å². The molecule has 4 aliphatic heterocycles. The molecule has 6 heteroatoms. The van der Waals surface area contributed by atoms with Crippen molar-refractivity contribution in [1.29, 1.82) is 0 Å². The third-order valence-electron chi connectivity index (χ3n) is 11.3. The zero-order valence-electron chi connectivity index (χ0n) is 24.6. The summed E-state index contributed by atoms with van der Waals surface area (Å²) >= 11 is 0. The largest absolute Gasteiger partial charge is 0.506 e. The Hall–Kier alpha value is -2.93. The fourth-order valence-electron chi connectivity index (χ4n) is 9.64. The average molecular weight is 565 g/mol. The van der Waals surface area contributed by atoms with Crippen molar-refractivity contribution in [2.75, 3.05) is 26.2 Å². The van der Waals surface area contributed by atoms with E-state index >= 15 is 0 Å². The van der Waals surface area contributed by atoms with Crippen molar-refractivity contribution in [3.8, 4) is 5.75 Å². The Bertz CT molecular complexity index is 1590. The number of piperidine rings is 1. The Labute approximate surface area is 248 Å². The smallest absolute Gasteiger partial charge is 0.139 e. The van der Waals surface area contributed by atoms with E-state index < -0.39 is 5.60 Å². The molecule has 2 saturated heterocycles. The van der Waals surface area contributed by atoms with Crippen LogP contribution in [0.1, 0.15) is 69.9 Å². The molecular formula is C36H44N4O2. The molecule has 0 saturated carbocycles. The molecule has 220 valence electrons. The molecule has 0 radical (unpaired) electrons. The van der Waals surface area contributed by atoms with Crippen LogP contribution in [-0.4, -0.2) is 73.8 Å². The molecular weight excluding hydrogens is 520 g/mol. The fourth-order valence-corrected chi connectivity index (χ4v) is 9.64. The second-order valence-corrected chi connectivity index (χ2v) is 13.7. The second-order valence-electron chi connectivity index (χ2n) is 13.7. The van der Waals surface area contributed by atoms with Crippen LogP contribution in [0.4, 0.5) is 0 Å². The molecule has 8 rings (SSSR count). The van der Waals surface area contributed by atoms with Gasteiger partial charge in [0.1, 0.15) is 5.75 Å². The number of nitrogens with zero attached hydrogens (tertiary/aromatic N) is 3. The number of nitrogens with one attached hydrogen (secondary N) is 1. The molecule has 1 aromatic carbocycles. The van der Waals surface area contributed by atoms with Crippen LogP contribution < -0.4 is 0 Å². The first-order chi connectivity index (χ1) is 20.6. The summed E-state index contributed by atoms with van der Waals surface area (Å²) in [7, 11) is 0. The van der Waals surface area contributed by atoms with Gasteiger partial charge in [-0.3, -0.25) is 9.88 Å². The Morgan fingerprint density at radius 2 is 1.74 bits per heavy atom. The van der Waals surface area contributed by atoms with E-state index in [1.165, 1.54) is 31.3 Å². The number of fused-ring (bicyclic) bond motifs is 5. The minimum Gasteiger partial charge on any atom is -0.506 e. The first-order valence-electron chi connectivity index (χ1n) is 16.4. The summed E-state index contributed by atoms with van der Waals surface area (Å²) in [5, 5.41) is 25.9. The summed E-state index contributed by atoms with van der Waals surface area (Å²) in [6, 6.07) is 8.24. The molecule has 3 bridgehead atoms. The van der Waals surface area contributed by atoms with Crippen LogP contribution in [-0.2, 0) is 0 Å². The zero-order chi connectivity index (χ0) is 28.3. The van der Waals surface area contributed by atoms with Crippen molar-refractivity contribution in [2.45, 2.75) is 81.9 Å². The predicted molar refractivity (Wildman–Crippen MR) is 169 cm³/mol. The Balaban J connectivity index is 1.35. The first-order valence-corrected chi connectivity index (χ1v) is 16.4. The molecule has 1 aliphatic carbocycles. The van der Waals surface area contributed by atoms with Crippen molar-refractivity contribution in [1.82, 2.24) is 19.8 Å². The molecule has 0 amide bonds. The molecule has 42 heavy (non-hydrogen) atoms. The molecule has 3 aromatic rings. The van der Waals surface area contributed by atoms with Gasteiger partial charge in [-0.1, -0.05) is 36.4 Å². The molecule has 1 spiro atoms. The summed E-state index contributed by atoms with van der Waals surface area (Å²) in [5.41, 5.74) is 2.89. The highest BCUT2D eigenvalue weighted by Crippen LogP contribution is 2.61. The number of allylic oxidation sites excluding steroid dienone is 4. The summed E-state index contributed by atoms with van der Waals surface area (Å²) in [4.78, 5) is 14.1. The lowest BCUT2D eigenvalue weighted by molar-refractivity contribution is -0.0894. The fraction of sp³-hybridized carbons (Fsp3) is 0.528. The van der Waals surface area contributed by atoms with Crippen molar-refractivity contribution in [2.24, 2.45) is 11.3 Å². The summed E-state index contributed by atoms with van der Waals surface area (Å²) in [6.45, 7) is 4.33. The number of rotatable bonds is 1. The van der Waals surface area contributed by atoms with Gasteiger partial charge < -0.3 is 20.1 Å². The number of hydrogen-bond donors (Lipinski definition) is 3. The Morgan fingerprint density at radius 1 is 0.905 bits per heavy atom. The highest BCUT2D eigenvalue weighted by molar-refractivity contribution is 6.11. The standard InChI is InChI=1S/C36H44N4O2/c41-30-14-11-13-26-27-15-18-37-32(33(27)38-31(26)30)28-23-36(42)17-8-4-1-2-5-9-19-39-21-16-29(28)35(24-39)22-25-12-7-3-6-10-20-40(25)34(35)36/h1,4,7,11-15,18,23,25,29,34,38,41-42H,2-3,5-6,8-10,16-17,19-22,24H2/t25-,29-,34+,35-,36-/m1/s1. The summed E-state index contributed by atoms with van der Waals surface area (Å²) in [6.07, 6.45) is 24.7. The van der Waals surface area contributed by atoms with Gasteiger partial charge >= 0.3 is 0 Å². The van der Waals surface area contributed by atoms with Gasteiger partial charge in [-0.2, -0.15) is 0 Å². The zero-order valence-corrected chi connectivity index (χ0v) is 24.6. The molecule has 2 aromatic heterocycles. The molecule has 6 heterocycles. The van der Waals surface area contributed by atoms with Gasteiger partial charge in [-0.15, -0.1) is 0 Å². The predicted octanol–water partition coefficient (Wildman–Crippen LogP) is 6.56. The van der Waals surface area contributed by atoms with Gasteiger partial charge in [0.2, 0.25) is 0 Å². The van der Waals surface area contributed by atoms with Crippen molar-refractivity contribution in [3.05, 3.63) is 66.5 Å². The normalized spacial score (nSPS) is 35.5. The minimum absolute atomic E-state index is 0.0494. The van der Waals surface area contributed by atoms with Crippen LogP contribution >= 0.6 is 0 Å². The van der Waals surface area contributed by atoms with E-state index in [-0.39, 0.29) is 17.2 Å². The van der Waals surface area contributed by atoms with E-state index in [4.69, 9.17) is 4.98 Å². The first kappa shape index (κ1) is 26.7. The Morgan fingerprint density at radius 3 is 2.67 bits per heavy atom.